The first-order chi connectivity index (χ1) is 6.65. The van der Waals surface area contributed by atoms with E-state index in [2.05, 4.69) is 11.8 Å². The first kappa shape index (κ1) is 9.97. The van der Waals surface area contributed by atoms with Crippen LogP contribution in [0.4, 0.5) is 0 Å². The van der Waals surface area contributed by atoms with Crippen molar-refractivity contribution in [3.63, 3.8) is 0 Å². The van der Waals surface area contributed by atoms with E-state index < -0.39 is 5.97 Å². The largest absolute Gasteiger partial charge is 0.481 e. The summed E-state index contributed by atoms with van der Waals surface area (Å²) in [4.78, 5) is 12.9. The van der Waals surface area contributed by atoms with Gasteiger partial charge in [-0.05, 0) is 25.2 Å². The molecule has 0 radical (unpaired) electrons. The summed E-state index contributed by atoms with van der Waals surface area (Å²) in [5.74, 6) is 0.738. The Hall–Kier alpha value is -0.570. The van der Waals surface area contributed by atoms with Crippen LogP contribution in [0.1, 0.15) is 32.6 Å². The molecule has 1 saturated heterocycles. The average molecular weight is 197 g/mol. The topological polar surface area (TPSA) is 40.5 Å². The molecule has 2 aliphatic rings. The number of likely N-dealkylation sites (tertiary alicyclic amines) is 1. The van der Waals surface area contributed by atoms with Gasteiger partial charge < -0.3 is 5.11 Å². The number of rotatable bonds is 5. The van der Waals surface area contributed by atoms with Gasteiger partial charge in [-0.15, -0.1) is 0 Å². The van der Waals surface area contributed by atoms with E-state index in [1.807, 2.05) is 0 Å². The van der Waals surface area contributed by atoms with Crippen LogP contribution in [0.25, 0.3) is 0 Å². The SMILES string of the molecule is CC(CC1CC1)N1CC(CC(=O)O)C1. The maximum atomic E-state index is 10.4. The predicted octanol–water partition coefficient (Wildman–Crippen LogP) is 1.58. The molecular weight excluding hydrogens is 178 g/mol. The fourth-order valence-corrected chi connectivity index (χ4v) is 2.33. The highest BCUT2D eigenvalue weighted by Gasteiger charge is 2.34. The van der Waals surface area contributed by atoms with Gasteiger partial charge in [0, 0.05) is 19.1 Å². The number of aliphatic carboxylic acids is 1. The van der Waals surface area contributed by atoms with Gasteiger partial charge in [0.15, 0.2) is 0 Å². The van der Waals surface area contributed by atoms with Crippen molar-refractivity contribution in [3.8, 4) is 0 Å². The summed E-state index contributed by atoms with van der Waals surface area (Å²) in [5, 5.41) is 8.61. The molecule has 0 bridgehead atoms. The van der Waals surface area contributed by atoms with E-state index >= 15 is 0 Å². The van der Waals surface area contributed by atoms with Crippen LogP contribution in [0.2, 0.25) is 0 Å². The van der Waals surface area contributed by atoms with Crippen molar-refractivity contribution >= 4 is 5.97 Å². The lowest BCUT2D eigenvalue weighted by Crippen LogP contribution is -2.51. The van der Waals surface area contributed by atoms with Gasteiger partial charge in [0.1, 0.15) is 0 Å². The zero-order chi connectivity index (χ0) is 10.1. The lowest BCUT2D eigenvalue weighted by molar-refractivity contribution is -0.139. The predicted molar refractivity (Wildman–Crippen MR) is 54.1 cm³/mol. The minimum Gasteiger partial charge on any atom is -0.481 e. The van der Waals surface area contributed by atoms with Gasteiger partial charge in [-0.2, -0.15) is 0 Å². The summed E-state index contributed by atoms with van der Waals surface area (Å²) in [6.07, 6.45) is 4.50. The maximum Gasteiger partial charge on any atom is 0.303 e. The summed E-state index contributed by atoms with van der Waals surface area (Å²) in [6.45, 7) is 4.27. The van der Waals surface area contributed by atoms with Crippen molar-refractivity contribution in [2.24, 2.45) is 11.8 Å². The molecule has 1 heterocycles. The van der Waals surface area contributed by atoms with Gasteiger partial charge in [-0.25, -0.2) is 0 Å². The minimum atomic E-state index is -0.649. The van der Waals surface area contributed by atoms with Gasteiger partial charge >= 0.3 is 5.97 Å². The molecule has 0 amide bonds. The van der Waals surface area contributed by atoms with E-state index in [1.165, 1.54) is 19.3 Å². The number of carboxylic acids is 1. The summed E-state index contributed by atoms with van der Waals surface area (Å²) >= 11 is 0. The summed E-state index contributed by atoms with van der Waals surface area (Å²) in [5.41, 5.74) is 0. The number of carboxylic acid groups (broad SMARTS) is 1. The molecule has 3 heteroatoms. The van der Waals surface area contributed by atoms with Crippen LogP contribution in [-0.4, -0.2) is 35.1 Å². The highest BCUT2D eigenvalue weighted by atomic mass is 16.4. The second kappa shape index (κ2) is 3.89. The normalized spacial score (nSPS) is 25.8. The molecule has 1 N–H and O–H groups in total. The molecule has 14 heavy (non-hydrogen) atoms. The van der Waals surface area contributed by atoms with Crippen molar-refractivity contribution in [2.75, 3.05) is 13.1 Å². The van der Waals surface area contributed by atoms with Crippen LogP contribution in [0.15, 0.2) is 0 Å². The molecule has 0 spiro atoms. The summed E-state index contributed by atoms with van der Waals surface area (Å²) in [6, 6.07) is 0.674. The van der Waals surface area contributed by atoms with Crippen molar-refractivity contribution in [2.45, 2.75) is 38.6 Å². The van der Waals surface area contributed by atoms with Gasteiger partial charge in [-0.3, -0.25) is 9.69 Å². The van der Waals surface area contributed by atoms with Crippen LogP contribution >= 0.6 is 0 Å². The Balaban J connectivity index is 1.63. The van der Waals surface area contributed by atoms with Crippen LogP contribution < -0.4 is 0 Å². The highest BCUT2D eigenvalue weighted by Crippen LogP contribution is 2.36. The molecule has 2 fully saturated rings. The molecule has 1 saturated carbocycles. The molecule has 0 aromatic rings. The molecule has 80 valence electrons. The Labute approximate surface area is 85.1 Å². The average Bonchev–Trinajstić information content (AvgIpc) is 2.78. The third-order valence-electron chi connectivity index (χ3n) is 3.44. The standard InChI is InChI=1S/C11H19NO2/c1-8(4-9-2-3-9)12-6-10(7-12)5-11(13)14/h8-10H,2-7H2,1H3,(H,13,14). The van der Waals surface area contributed by atoms with E-state index in [-0.39, 0.29) is 0 Å². The fraction of sp³-hybridized carbons (Fsp3) is 0.909. The molecule has 0 aromatic heterocycles. The molecular formula is C11H19NO2. The maximum absolute atomic E-state index is 10.4. The van der Waals surface area contributed by atoms with Crippen molar-refractivity contribution < 1.29 is 9.90 Å². The zero-order valence-electron chi connectivity index (χ0n) is 8.78. The monoisotopic (exact) mass is 197 g/mol. The summed E-state index contributed by atoms with van der Waals surface area (Å²) < 4.78 is 0. The Kier molecular flexibility index (Phi) is 2.77. The van der Waals surface area contributed by atoms with E-state index in [1.54, 1.807) is 0 Å². The summed E-state index contributed by atoms with van der Waals surface area (Å²) in [7, 11) is 0. The second-order valence-electron chi connectivity index (χ2n) is 4.95. The van der Waals surface area contributed by atoms with E-state index in [0.717, 1.165) is 19.0 Å². The van der Waals surface area contributed by atoms with Crippen LogP contribution in [0.5, 0.6) is 0 Å². The van der Waals surface area contributed by atoms with Crippen molar-refractivity contribution in [1.82, 2.24) is 4.90 Å². The fourth-order valence-electron chi connectivity index (χ4n) is 2.33. The van der Waals surface area contributed by atoms with E-state index in [4.69, 9.17) is 5.11 Å². The van der Waals surface area contributed by atoms with Gasteiger partial charge in [0.05, 0.1) is 6.42 Å². The molecule has 1 atom stereocenters. The molecule has 0 aromatic carbocycles. The molecule has 1 unspecified atom stereocenters. The Morgan fingerprint density at radius 3 is 2.57 bits per heavy atom. The van der Waals surface area contributed by atoms with Gasteiger partial charge in [0.25, 0.3) is 0 Å². The van der Waals surface area contributed by atoms with E-state index in [9.17, 15) is 4.79 Å². The second-order valence-corrected chi connectivity index (χ2v) is 4.95. The Morgan fingerprint density at radius 1 is 1.43 bits per heavy atom. The molecule has 1 aliphatic heterocycles. The number of nitrogens with zero attached hydrogens (tertiary/aromatic N) is 1. The number of hydrogen-bond donors (Lipinski definition) is 1. The highest BCUT2D eigenvalue weighted by molar-refractivity contribution is 5.67. The minimum absolute atomic E-state index is 0.354. The van der Waals surface area contributed by atoms with Gasteiger partial charge in [0.2, 0.25) is 0 Å². The van der Waals surface area contributed by atoms with Gasteiger partial charge in [-0.1, -0.05) is 12.8 Å². The van der Waals surface area contributed by atoms with Crippen LogP contribution in [-0.2, 0) is 4.79 Å². The Bertz CT molecular complexity index is 219. The third-order valence-corrected chi connectivity index (χ3v) is 3.44. The number of hydrogen-bond acceptors (Lipinski definition) is 2. The Morgan fingerprint density at radius 2 is 2.07 bits per heavy atom. The molecule has 3 nitrogen and oxygen atoms in total. The lowest BCUT2D eigenvalue weighted by Gasteiger charge is -2.42. The lowest BCUT2D eigenvalue weighted by atomic mass is 9.93. The first-order valence-corrected chi connectivity index (χ1v) is 5.61. The molecule has 1 aliphatic carbocycles. The van der Waals surface area contributed by atoms with E-state index in [0.29, 0.717) is 18.4 Å². The van der Waals surface area contributed by atoms with Crippen LogP contribution in [0, 0.1) is 11.8 Å². The third kappa shape index (κ3) is 2.47. The van der Waals surface area contributed by atoms with Crippen LogP contribution in [0.3, 0.4) is 0 Å². The number of carbonyl (C=O) groups is 1. The smallest absolute Gasteiger partial charge is 0.303 e. The molecule has 2 rings (SSSR count). The van der Waals surface area contributed by atoms with Crippen molar-refractivity contribution in [3.05, 3.63) is 0 Å². The zero-order valence-corrected chi connectivity index (χ0v) is 8.78. The first-order valence-electron chi connectivity index (χ1n) is 5.61. The quantitative estimate of drug-likeness (QED) is 0.727. The van der Waals surface area contributed by atoms with Crippen molar-refractivity contribution in [1.29, 1.82) is 0 Å².